The number of sulfonamides is 1. The van der Waals surface area contributed by atoms with Gasteiger partial charge in [-0.1, -0.05) is 0 Å². The summed E-state index contributed by atoms with van der Waals surface area (Å²) < 4.78 is 58.1. The molecule has 112 valence electrons. The van der Waals surface area contributed by atoms with Crippen molar-refractivity contribution in [1.82, 2.24) is 4.31 Å². The molecule has 1 fully saturated rings. The Labute approximate surface area is 115 Å². The van der Waals surface area contributed by atoms with Gasteiger partial charge in [0, 0.05) is 19.7 Å². The van der Waals surface area contributed by atoms with Crippen LogP contribution in [0.1, 0.15) is 12.0 Å². The molecule has 0 unspecified atom stereocenters. The second-order valence-electron chi connectivity index (χ2n) is 4.42. The minimum Gasteiger partial charge on any atom is -0.392 e. The van der Waals surface area contributed by atoms with E-state index in [1.54, 1.807) is 0 Å². The number of hydrogen-bond donors (Lipinski definition) is 1. The molecule has 5 nitrogen and oxygen atoms in total. The molecule has 1 aliphatic rings. The zero-order chi connectivity index (χ0) is 14.8. The van der Waals surface area contributed by atoms with E-state index < -0.39 is 33.2 Å². The molecule has 0 amide bonds. The summed E-state index contributed by atoms with van der Waals surface area (Å²) in [4.78, 5) is -0.747. The van der Waals surface area contributed by atoms with Crippen molar-refractivity contribution in [2.24, 2.45) is 0 Å². The Bertz CT molecular complexity index is 583. The highest BCUT2D eigenvalue weighted by molar-refractivity contribution is 7.89. The summed E-state index contributed by atoms with van der Waals surface area (Å²) in [7, 11) is -4.14. The first kappa shape index (κ1) is 15.3. The molecule has 0 saturated carbocycles. The van der Waals surface area contributed by atoms with Crippen LogP contribution in [0, 0.1) is 11.6 Å². The molecular formula is C12H15F2NO4S. The van der Waals surface area contributed by atoms with Crippen LogP contribution >= 0.6 is 0 Å². The van der Waals surface area contributed by atoms with E-state index in [9.17, 15) is 17.2 Å². The molecular weight excluding hydrogens is 292 g/mol. The lowest BCUT2D eigenvalue weighted by Gasteiger charge is -2.20. The average molecular weight is 307 g/mol. The fraction of sp³-hybridized carbons (Fsp3) is 0.500. The summed E-state index contributed by atoms with van der Waals surface area (Å²) in [6.45, 7) is 0.352. The summed E-state index contributed by atoms with van der Waals surface area (Å²) >= 11 is 0. The molecule has 0 spiro atoms. The van der Waals surface area contributed by atoms with Crippen LogP contribution in [0.3, 0.4) is 0 Å². The van der Waals surface area contributed by atoms with Crippen molar-refractivity contribution in [3.05, 3.63) is 29.3 Å². The Morgan fingerprint density at radius 2 is 2.00 bits per heavy atom. The summed E-state index contributed by atoms with van der Waals surface area (Å²) in [6, 6.07) is 1.74. The molecule has 0 aliphatic carbocycles. The van der Waals surface area contributed by atoms with Gasteiger partial charge in [0.25, 0.3) is 0 Å². The minimum absolute atomic E-state index is 0.00791. The predicted octanol–water partition coefficient (Wildman–Crippen LogP) is 0.868. The maximum absolute atomic E-state index is 13.8. The summed E-state index contributed by atoms with van der Waals surface area (Å²) in [5, 5.41) is 8.98. The van der Waals surface area contributed by atoms with E-state index in [1.807, 2.05) is 0 Å². The van der Waals surface area contributed by atoms with Gasteiger partial charge in [-0.05, 0) is 24.1 Å². The van der Waals surface area contributed by atoms with Crippen molar-refractivity contribution in [3.8, 4) is 0 Å². The van der Waals surface area contributed by atoms with E-state index in [-0.39, 0.29) is 25.3 Å². The first-order chi connectivity index (χ1) is 9.46. The maximum Gasteiger partial charge on any atom is 0.246 e. The minimum atomic E-state index is -4.14. The lowest BCUT2D eigenvalue weighted by Crippen LogP contribution is -2.34. The van der Waals surface area contributed by atoms with Crippen LogP contribution in [0.4, 0.5) is 8.78 Å². The Balaban J connectivity index is 2.45. The highest BCUT2D eigenvalue weighted by atomic mass is 32.2. The third-order valence-electron chi connectivity index (χ3n) is 3.04. The number of benzene rings is 1. The van der Waals surface area contributed by atoms with E-state index in [4.69, 9.17) is 9.84 Å². The highest BCUT2D eigenvalue weighted by Gasteiger charge is 2.30. The quantitative estimate of drug-likeness (QED) is 0.900. The third kappa shape index (κ3) is 2.98. The fourth-order valence-electron chi connectivity index (χ4n) is 2.00. The molecule has 2 rings (SSSR count). The number of hydrogen-bond acceptors (Lipinski definition) is 4. The lowest BCUT2D eigenvalue weighted by atomic mass is 10.2. The van der Waals surface area contributed by atoms with Gasteiger partial charge in [-0.25, -0.2) is 17.2 Å². The second kappa shape index (κ2) is 6.13. The van der Waals surface area contributed by atoms with Gasteiger partial charge >= 0.3 is 0 Å². The van der Waals surface area contributed by atoms with E-state index in [0.717, 1.165) is 16.4 Å². The zero-order valence-corrected chi connectivity index (χ0v) is 11.5. The first-order valence-corrected chi connectivity index (χ1v) is 7.57. The van der Waals surface area contributed by atoms with Crippen molar-refractivity contribution in [1.29, 1.82) is 0 Å². The van der Waals surface area contributed by atoms with E-state index in [2.05, 4.69) is 0 Å². The first-order valence-electron chi connectivity index (χ1n) is 6.13. The molecule has 0 radical (unpaired) electrons. The van der Waals surface area contributed by atoms with Crippen LogP contribution in [0.25, 0.3) is 0 Å². The number of halogens is 2. The van der Waals surface area contributed by atoms with Crippen molar-refractivity contribution in [2.45, 2.75) is 17.9 Å². The number of rotatable bonds is 3. The molecule has 8 heteroatoms. The van der Waals surface area contributed by atoms with Crippen LogP contribution in [-0.4, -0.2) is 44.1 Å². The van der Waals surface area contributed by atoms with Gasteiger partial charge < -0.3 is 9.84 Å². The van der Waals surface area contributed by atoms with Gasteiger partial charge in [0.15, 0.2) is 11.6 Å². The van der Waals surface area contributed by atoms with Gasteiger partial charge in [0.1, 0.15) is 4.90 Å². The van der Waals surface area contributed by atoms with Gasteiger partial charge in [0.05, 0.1) is 13.2 Å². The Morgan fingerprint density at radius 1 is 1.25 bits per heavy atom. The summed E-state index contributed by atoms with van der Waals surface area (Å²) in [6.07, 6.45) is 0.489. The number of ether oxygens (including phenoxy) is 1. The van der Waals surface area contributed by atoms with Gasteiger partial charge in [0.2, 0.25) is 10.0 Å². The zero-order valence-electron chi connectivity index (χ0n) is 10.7. The summed E-state index contributed by atoms with van der Waals surface area (Å²) in [5.74, 6) is -2.71. The van der Waals surface area contributed by atoms with Gasteiger partial charge in [-0.3, -0.25) is 0 Å². The van der Waals surface area contributed by atoms with Gasteiger partial charge in [-0.2, -0.15) is 4.31 Å². The van der Waals surface area contributed by atoms with Gasteiger partial charge in [-0.15, -0.1) is 0 Å². The lowest BCUT2D eigenvalue weighted by molar-refractivity contribution is 0.148. The van der Waals surface area contributed by atoms with Crippen LogP contribution in [0.2, 0.25) is 0 Å². The summed E-state index contributed by atoms with van der Waals surface area (Å²) in [5.41, 5.74) is 0.00791. The molecule has 1 N–H and O–H groups in total. The largest absolute Gasteiger partial charge is 0.392 e. The Morgan fingerprint density at radius 3 is 2.70 bits per heavy atom. The highest BCUT2D eigenvalue weighted by Crippen LogP contribution is 2.24. The Kier molecular flexibility index (Phi) is 4.69. The number of aliphatic hydroxyl groups excluding tert-OH is 1. The average Bonchev–Trinajstić information content (AvgIpc) is 2.70. The van der Waals surface area contributed by atoms with E-state index in [1.165, 1.54) is 0 Å². The van der Waals surface area contributed by atoms with Crippen LogP contribution in [-0.2, 0) is 21.4 Å². The molecule has 1 aromatic rings. The molecule has 1 aromatic carbocycles. The Hall–Kier alpha value is -1.09. The topological polar surface area (TPSA) is 66.8 Å². The van der Waals surface area contributed by atoms with Crippen molar-refractivity contribution < 1.29 is 27.0 Å². The van der Waals surface area contributed by atoms with Crippen LogP contribution in [0.15, 0.2) is 17.0 Å². The normalized spacial score (nSPS) is 17.9. The molecule has 1 aliphatic heterocycles. The van der Waals surface area contributed by atoms with E-state index >= 15 is 0 Å². The molecule has 20 heavy (non-hydrogen) atoms. The predicted molar refractivity (Wildman–Crippen MR) is 66.5 cm³/mol. The van der Waals surface area contributed by atoms with E-state index in [0.29, 0.717) is 13.0 Å². The third-order valence-corrected chi connectivity index (χ3v) is 4.93. The molecule has 0 atom stereocenters. The van der Waals surface area contributed by atoms with Crippen LogP contribution < -0.4 is 0 Å². The molecule has 1 heterocycles. The smallest absolute Gasteiger partial charge is 0.246 e. The van der Waals surface area contributed by atoms with Crippen molar-refractivity contribution >= 4 is 10.0 Å². The van der Waals surface area contributed by atoms with Crippen molar-refractivity contribution in [3.63, 3.8) is 0 Å². The standard InChI is InChI=1S/C12H15F2NO4S/c13-10-6-9(8-16)7-11(12(10)14)20(17,18)15-2-1-4-19-5-3-15/h6-7,16H,1-5,8H2. The number of aliphatic hydroxyl groups is 1. The van der Waals surface area contributed by atoms with Crippen LogP contribution in [0.5, 0.6) is 0 Å². The monoisotopic (exact) mass is 307 g/mol. The SMILES string of the molecule is O=S(=O)(c1cc(CO)cc(F)c1F)N1CCCOCC1. The van der Waals surface area contributed by atoms with Crippen molar-refractivity contribution in [2.75, 3.05) is 26.3 Å². The second-order valence-corrected chi connectivity index (χ2v) is 6.32. The molecule has 0 bridgehead atoms. The fourth-order valence-corrected chi connectivity index (χ4v) is 3.59. The molecule has 0 aromatic heterocycles. The number of nitrogens with zero attached hydrogens (tertiary/aromatic N) is 1. The maximum atomic E-state index is 13.8. The molecule has 1 saturated heterocycles.